The second-order valence-electron chi connectivity index (χ2n) is 5.62. The Morgan fingerprint density at radius 3 is 2.73 bits per heavy atom. The van der Waals surface area contributed by atoms with Gasteiger partial charge in [0.1, 0.15) is 16.2 Å². The van der Waals surface area contributed by atoms with Gasteiger partial charge >= 0.3 is 6.18 Å². The second-order valence-corrected chi connectivity index (χ2v) is 6.43. The molecule has 0 saturated carbocycles. The minimum absolute atomic E-state index is 0.00327. The number of fused-ring (bicyclic) bond motifs is 1. The Bertz CT molecular complexity index is 1120. The van der Waals surface area contributed by atoms with Crippen molar-refractivity contribution in [3.8, 4) is 0 Å². The minimum Gasteiger partial charge on any atom is -0.363 e. The van der Waals surface area contributed by atoms with Crippen LogP contribution < -0.4 is 5.32 Å². The van der Waals surface area contributed by atoms with E-state index in [2.05, 4.69) is 36.2 Å². The van der Waals surface area contributed by atoms with E-state index in [1.165, 1.54) is 18.3 Å². The van der Waals surface area contributed by atoms with Crippen molar-refractivity contribution in [1.29, 1.82) is 0 Å². The van der Waals surface area contributed by atoms with Crippen LogP contribution in [0.2, 0.25) is 0 Å². The summed E-state index contributed by atoms with van der Waals surface area (Å²) in [6, 6.07) is 2.07. The molecule has 2 heterocycles. The number of hydrogen-bond donors (Lipinski definition) is 1. The molecule has 136 valence electrons. The van der Waals surface area contributed by atoms with Crippen molar-refractivity contribution < 1.29 is 18.7 Å². The molecule has 0 amide bonds. The van der Waals surface area contributed by atoms with Crippen LogP contribution in [0.4, 0.5) is 19.0 Å². The van der Waals surface area contributed by atoms with Crippen molar-refractivity contribution in [3.05, 3.63) is 57.6 Å². The Kier molecular flexibility index (Phi) is 3.65. The third kappa shape index (κ3) is 3.65. The molecule has 1 atom stereocenters. The summed E-state index contributed by atoms with van der Waals surface area (Å²) in [6.07, 6.45) is -3.25. The predicted octanol–water partition coefficient (Wildman–Crippen LogP) is 5.60. The Morgan fingerprint density at radius 1 is 1.27 bits per heavy atom. The van der Waals surface area contributed by atoms with Crippen LogP contribution in [0.25, 0.3) is 10.9 Å². The topological polar surface area (TPSA) is 50.7 Å². The first kappa shape index (κ1) is 13.9. The number of halogens is 4. The average molecular weight is 429 g/mol. The molecule has 0 radical (unpaired) electrons. The van der Waals surface area contributed by atoms with Gasteiger partial charge in [0.05, 0.1) is 24.7 Å². The van der Waals surface area contributed by atoms with Crippen molar-refractivity contribution in [1.82, 2.24) is 15.0 Å². The molecular formula is C18H16BrF3N4. The number of alkyl halides is 3. The van der Waals surface area contributed by atoms with E-state index in [0.29, 0.717) is 15.5 Å². The largest absolute Gasteiger partial charge is 0.416 e. The van der Waals surface area contributed by atoms with Gasteiger partial charge in [-0.25, -0.2) is 15.0 Å². The van der Waals surface area contributed by atoms with Crippen molar-refractivity contribution in [3.63, 3.8) is 0 Å². The lowest BCUT2D eigenvalue weighted by Gasteiger charge is -2.21. The number of aromatic nitrogens is 3. The van der Waals surface area contributed by atoms with Gasteiger partial charge in [0.15, 0.2) is 0 Å². The number of pyridine rings is 1. The highest BCUT2D eigenvalue weighted by molar-refractivity contribution is 9.10. The number of aryl methyl sites for hydroxylation is 1. The summed E-state index contributed by atoms with van der Waals surface area (Å²) in [6.45, 7) is -0.306. The molecule has 26 heavy (non-hydrogen) atoms. The van der Waals surface area contributed by atoms with Crippen LogP contribution in [0, 0.1) is 13.8 Å². The molecule has 0 saturated heterocycles. The van der Waals surface area contributed by atoms with Gasteiger partial charge < -0.3 is 5.32 Å². The molecule has 3 aromatic rings. The van der Waals surface area contributed by atoms with Gasteiger partial charge in [-0.1, -0.05) is 12.1 Å². The normalized spacial score (nSPS) is 17.0. The van der Waals surface area contributed by atoms with Gasteiger partial charge in [-0.2, -0.15) is 13.2 Å². The highest BCUT2D eigenvalue weighted by Gasteiger charge is 2.33. The molecule has 1 N–H and O–H groups in total. The first-order valence-corrected chi connectivity index (χ1v) is 8.29. The Labute approximate surface area is 162 Å². The minimum atomic E-state index is -4.69. The zero-order valence-electron chi connectivity index (χ0n) is 17.7. The highest BCUT2D eigenvalue weighted by Crippen LogP contribution is 2.35. The number of nitrogens with zero attached hydrogens (tertiary/aromatic N) is 3. The van der Waals surface area contributed by atoms with E-state index in [0.717, 1.165) is 19.1 Å². The van der Waals surface area contributed by atoms with Crippen LogP contribution in [-0.2, 0) is 6.18 Å². The van der Waals surface area contributed by atoms with E-state index >= 15 is 0 Å². The van der Waals surface area contributed by atoms with Gasteiger partial charge in [-0.3, -0.25) is 0 Å². The maximum Gasteiger partial charge on any atom is 0.416 e. The molecule has 0 fully saturated rings. The summed E-state index contributed by atoms with van der Waals surface area (Å²) >= 11 is 3.21. The van der Waals surface area contributed by atoms with Crippen molar-refractivity contribution >= 4 is 32.7 Å². The number of anilines is 1. The third-order valence-corrected chi connectivity index (χ3v) is 4.25. The molecular weight excluding hydrogens is 409 g/mol. The van der Waals surface area contributed by atoms with Crippen molar-refractivity contribution in [2.45, 2.75) is 32.9 Å². The van der Waals surface area contributed by atoms with Crippen LogP contribution in [0.15, 0.2) is 35.1 Å². The van der Waals surface area contributed by atoms with E-state index in [1.54, 1.807) is 6.92 Å². The van der Waals surface area contributed by atoms with E-state index in [-0.39, 0.29) is 22.8 Å². The zero-order valence-corrected chi connectivity index (χ0v) is 15.3. The predicted molar refractivity (Wildman–Crippen MR) is 98.0 cm³/mol. The number of nitrogens with one attached hydrogen (secondary N) is 1. The third-order valence-electron chi connectivity index (χ3n) is 3.81. The Balaban J connectivity index is 2.26. The molecule has 0 spiro atoms. The van der Waals surface area contributed by atoms with Crippen molar-refractivity contribution in [2.75, 3.05) is 5.32 Å². The lowest BCUT2D eigenvalue weighted by Crippen LogP contribution is -2.14. The smallest absolute Gasteiger partial charge is 0.363 e. The van der Waals surface area contributed by atoms with Gasteiger partial charge in [0, 0.05) is 9.50 Å². The zero-order chi connectivity index (χ0) is 22.5. The summed E-state index contributed by atoms with van der Waals surface area (Å²) < 4.78 is 73.2. The fraction of sp³-hybridized carbons (Fsp3) is 0.278. The average Bonchev–Trinajstić information content (AvgIpc) is 2.60. The van der Waals surface area contributed by atoms with Gasteiger partial charge in [0.2, 0.25) is 0 Å². The fourth-order valence-corrected chi connectivity index (χ4v) is 2.95. The molecule has 0 aliphatic rings. The molecule has 0 aliphatic heterocycles. The molecule has 4 nitrogen and oxygen atoms in total. The first-order valence-electron chi connectivity index (χ1n) is 9.49. The summed E-state index contributed by atoms with van der Waals surface area (Å²) in [4.78, 5) is 12.5. The lowest BCUT2D eigenvalue weighted by molar-refractivity contribution is -0.138. The molecule has 1 aromatic carbocycles. The van der Waals surface area contributed by atoms with Gasteiger partial charge in [0.25, 0.3) is 0 Å². The highest BCUT2D eigenvalue weighted by atomic mass is 79.9. The fourth-order valence-electron chi connectivity index (χ4n) is 2.62. The standard InChI is InChI=1S/C18H16BrF3N4/c1-9-12(5-4-6-14(9)18(20,21)22)10(2)24-17-13-7-16(19)23-8-15(13)25-11(3)26-17/h4-8,10H,1-3H3,(H,24,25,26)/t10-/m0/s1/i2D3,10D. The molecule has 0 aliphatic carbocycles. The van der Waals surface area contributed by atoms with Crippen LogP contribution in [-0.4, -0.2) is 15.0 Å². The van der Waals surface area contributed by atoms with Gasteiger partial charge in [-0.15, -0.1) is 0 Å². The van der Waals surface area contributed by atoms with Crippen LogP contribution in [0.1, 0.15) is 40.9 Å². The van der Waals surface area contributed by atoms with E-state index in [4.69, 9.17) is 5.48 Å². The monoisotopic (exact) mass is 428 g/mol. The van der Waals surface area contributed by atoms with E-state index in [9.17, 15) is 13.2 Å². The van der Waals surface area contributed by atoms with Crippen LogP contribution in [0.5, 0.6) is 0 Å². The van der Waals surface area contributed by atoms with Crippen molar-refractivity contribution in [2.24, 2.45) is 0 Å². The number of benzene rings is 1. The van der Waals surface area contributed by atoms with Crippen LogP contribution >= 0.6 is 15.9 Å². The SMILES string of the molecule is [2H]C([2H])([2H])[C@]([2H])(Nc1nc(C)nc2cnc(Br)cc12)c1cccc(C(F)(F)F)c1C. The van der Waals surface area contributed by atoms with E-state index in [1.807, 2.05) is 0 Å². The van der Waals surface area contributed by atoms with Crippen LogP contribution in [0.3, 0.4) is 0 Å². The molecule has 0 bridgehead atoms. The Morgan fingerprint density at radius 2 is 2.04 bits per heavy atom. The lowest BCUT2D eigenvalue weighted by atomic mass is 9.97. The maximum absolute atomic E-state index is 13.4. The quantitative estimate of drug-likeness (QED) is 0.551. The maximum atomic E-state index is 13.4. The number of rotatable bonds is 3. The first-order chi connectivity index (χ1) is 13.7. The van der Waals surface area contributed by atoms with E-state index < -0.39 is 24.6 Å². The molecule has 2 aromatic heterocycles. The molecule has 8 heteroatoms. The summed E-state index contributed by atoms with van der Waals surface area (Å²) in [7, 11) is 0. The summed E-state index contributed by atoms with van der Waals surface area (Å²) in [5, 5.41) is 2.95. The molecule has 3 rings (SSSR count). The molecule has 0 unspecified atom stereocenters. The summed E-state index contributed by atoms with van der Waals surface area (Å²) in [5.74, 6) is 0.284. The summed E-state index contributed by atoms with van der Waals surface area (Å²) in [5.41, 5.74) is -1.28. The Hall–Kier alpha value is -2.22. The van der Waals surface area contributed by atoms with Gasteiger partial charge in [-0.05, 0) is 59.9 Å². The number of hydrogen-bond acceptors (Lipinski definition) is 4. The second kappa shape index (κ2) is 6.83.